The molecule has 1 unspecified atom stereocenters. The van der Waals surface area contributed by atoms with Crippen LogP contribution in [0.2, 0.25) is 0 Å². The molecule has 1 saturated carbocycles. The first kappa shape index (κ1) is 18.9. The molecule has 1 aromatic carbocycles. The normalized spacial score (nSPS) is 25.2. The van der Waals surface area contributed by atoms with Crippen LogP contribution in [-0.4, -0.2) is 37.5 Å². The first-order valence-corrected chi connectivity index (χ1v) is 10.2. The molecule has 3 N–H and O–H groups in total. The molecule has 0 aromatic heterocycles. The monoisotopic (exact) mass is 358 g/mol. The van der Waals surface area contributed by atoms with Gasteiger partial charge in [-0.3, -0.25) is 9.59 Å². The molecule has 2 fully saturated rings. The fourth-order valence-electron chi connectivity index (χ4n) is 4.68. The third-order valence-corrected chi connectivity index (χ3v) is 6.01. The van der Waals surface area contributed by atoms with Crippen molar-refractivity contribution in [2.75, 3.05) is 25.0 Å². The quantitative estimate of drug-likeness (QED) is 0.722. The Bertz CT molecular complexity index is 629. The van der Waals surface area contributed by atoms with E-state index in [0.717, 1.165) is 30.1 Å². The van der Waals surface area contributed by atoms with Crippen LogP contribution in [0.3, 0.4) is 0 Å². The molecule has 1 aromatic rings. The molecular weight excluding hydrogens is 326 g/mol. The molecule has 0 spiro atoms. The maximum atomic E-state index is 12.4. The zero-order valence-corrected chi connectivity index (χ0v) is 15.9. The summed E-state index contributed by atoms with van der Waals surface area (Å²) in [6.07, 6.45) is 8.64. The summed E-state index contributed by atoms with van der Waals surface area (Å²) in [6, 6.07) is 8.44. The van der Waals surface area contributed by atoms with Crippen molar-refractivity contribution in [3.63, 3.8) is 0 Å². The minimum atomic E-state index is -0.163. The summed E-state index contributed by atoms with van der Waals surface area (Å²) in [4.78, 5) is 26.0. The van der Waals surface area contributed by atoms with Gasteiger partial charge in [-0.05, 0) is 50.2 Å². The Morgan fingerprint density at radius 1 is 1.08 bits per heavy atom. The molecule has 5 nitrogen and oxygen atoms in total. The smallest absolute Gasteiger partial charge is 0.275 e. The summed E-state index contributed by atoms with van der Waals surface area (Å²) >= 11 is 0. The van der Waals surface area contributed by atoms with E-state index in [0.29, 0.717) is 12.6 Å². The molecule has 0 radical (unpaired) electrons. The number of piperidine rings is 1. The van der Waals surface area contributed by atoms with E-state index in [-0.39, 0.29) is 18.4 Å². The maximum absolute atomic E-state index is 12.4. The molecule has 1 aliphatic carbocycles. The lowest BCUT2D eigenvalue weighted by atomic mass is 9.78. The van der Waals surface area contributed by atoms with Gasteiger partial charge in [0.25, 0.3) is 5.91 Å². The van der Waals surface area contributed by atoms with Gasteiger partial charge in [0.15, 0.2) is 6.54 Å². The van der Waals surface area contributed by atoms with Gasteiger partial charge in [-0.25, -0.2) is 0 Å². The number of aryl methyl sites for hydroxylation is 1. The number of carbonyl (C=O) groups excluding carboxylic acids is 2. The van der Waals surface area contributed by atoms with Gasteiger partial charge in [0.05, 0.1) is 19.1 Å². The minimum Gasteiger partial charge on any atom is -0.342 e. The lowest BCUT2D eigenvalue weighted by Gasteiger charge is -2.40. The van der Waals surface area contributed by atoms with E-state index in [1.807, 2.05) is 24.3 Å². The Hall–Kier alpha value is -1.88. The van der Waals surface area contributed by atoms with E-state index in [4.69, 9.17) is 0 Å². The highest BCUT2D eigenvalue weighted by molar-refractivity contribution is 5.95. The van der Waals surface area contributed by atoms with E-state index in [1.54, 1.807) is 0 Å². The summed E-state index contributed by atoms with van der Waals surface area (Å²) in [6.45, 7) is 3.69. The standard InChI is InChI=1S/C21H31N3O2/c1-2-16-8-3-5-11-18(16)23-20(25)14-22-21(26)15-24-13-7-10-17-9-4-6-12-19(17)24/h3,5,8,11,17,19H,2,4,6-7,9-10,12-15H2,1H3,(H,22,26)(H,23,25)/p+1/t17-,19+/m1/s1. The van der Waals surface area contributed by atoms with Gasteiger partial charge in [-0.15, -0.1) is 0 Å². The van der Waals surface area contributed by atoms with Gasteiger partial charge in [0.2, 0.25) is 5.91 Å². The number of rotatable bonds is 6. The van der Waals surface area contributed by atoms with E-state index in [9.17, 15) is 9.59 Å². The van der Waals surface area contributed by atoms with E-state index in [2.05, 4.69) is 17.6 Å². The Labute approximate surface area is 156 Å². The highest BCUT2D eigenvalue weighted by Gasteiger charge is 2.37. The van der Waals surface area contributed by atoms with Gasteiger partial charge in [-0.2, -0.15) is 0 Å². The highest BCUT2D eigenvalue weighted by Crippen LogP contribution is 2.28. The van der Waals surface area contributed by atoms with Gasteiger partial charge in [0.1, 0.15) is 0 Å². The first-order valence-electron chi connectivity index (χ1n) is 10.2. The van der Waals surface area contributed by atoms with Crippen molar-refractivity contribution in [3.05, 3.63) is 29.8 Å². The lowest BCUT2D eigenvalue weighted by Crippen LogP contribution is -3.18. The third kappa shape index (κ3) is 4.85. The molecule has 1 saturated heterocycles. The van der Waals surface area contributed by atoms with Crippen LogP contribution in [0.25, 0.3) is 0 Å². The molecule has 2 aliphatic rings. The highest BCUT2D eigenvalue weighted by atomic mass is 16.2. The molecule has 3 atom stereocenters. The van der Waals surface area contributed by atoms with Crippen LogP contribution >= 0.6 is 0 Å². The summed E-state index contributed by atoms with van der Waals surface area (Å²) in [5.74, 6) is 0.628. The summed E-state index contributed by atoms with van der Waals surface area (Å²) in [5.41, 5.74) is 1.94. The van der Waals surface area contributed by atoms with Crippen molar-refractivity contribution in [1.82, 2.24) is 5.32 Å². The average molecular weight is 359 g/mol. The van der Waals surface area contributed by atoms with Gasteiger partial charge in [-0.1, -0.05) is 31.5 Å². The summed E-state index contributed by atoms with van der Waals surface area (Å²) < 4.78 is 0. The Morgan fingerprint density at radius 3 is 2.69 bits per heavy atom. The largest absolute Gasteiger partial charge is 0.342 e. The molecule has 0 bridgehead atoms. The third-order valence-electron chi connectivity index (χ3n) is 6.01. The van der Waals surface area contributed by atoms with Crippen molar-refractivity contribution < 1.29 is 14.5 Å². The van der Waals surface area contributed by atoms with Crippen molar-refractivity contribution in [2.45, 2.75) is 57.9 Å². The number of anilines is 1. The number of quaternary nitrogens is 1. The van der Waals surface area contributed by atoms with Crippen LogP contribution in [0, 0.1) is 5.92 Å². The van der Waals surface area contributed by atoms with Crippen LogP contribution in [0.15, 0.2) is 24.3 Å². The molecule has 142 valence electrons. The number of amides is 2. The van der Waals surface area contributed by atoms with Crippen LogP contribution in [-0.2, 0) is 16.0 Å². The van der Waals surface area contributed by atoms with E-state index in [1.165, 1.54) is 43.4 Å². The Morgan fingerprint density at radius 2 is 1.85 bits per heavy atom. The van der Waals surface area contributed by atoms with Crippen molar-refractivity contribution in [2.24, 2.45) is 5.92 Å². The SMILES string of the molecule is CCc1ccccc1NC(=O)CNC(=O)C[NH+]1CCC[C@H]2CCCC[C@@H]21. The summed E-state index contributed by atoms with van der Waals surface area (Å²) in [7, 11) is 0. The van der Waals surface area contributed by atoms with Crippen molar-refractivity contribution >= 4 is 17.5 Å². The number of para-hydroxylation sites is 1. The number of nitrogens with one attached hydrogen (secondary N) is 3. The topological polar surface area (TPSA) is 62.6 Å². The number of hydrogen-bond acceptors (Lipinski definition) is 2. The first-order chi connectivity index (χ1) is 12.7. The van der Waals surface area contributed by atoms with Crippen LogP contribution in [0.4, 0.5) is 5.69 Å². The molecule has 26 heavy (non-hydrogen) atoms. The van der Waals surface area contributed by atoms with E-state index < -0.39 is 0 Å². The average Bonchev–Trinajstić information content (AvgIpc) is 2.67. The predicted molar refractivity (Wildman–Crippen MR) is 103 cm³/mol. The number of fused-ring (bicyclic) bond motifs is 1. The zero-order chi connectivity index (χ0) is 18.4. The molecular formula is C21H32N3O2+. The molecule has 1 aliphatic heterocycles. The van der Waals surface area contributed by atoms with Crippen LogP contribution in [0.5, 0.6) is 0 Å². The number of benzene rings is 1. The second-order valence-corrected chi connectivity index (χ2v) is 7.71. The van der Waals surface area contributed by atoms with Gasteiger partial charge in [0, 0.05) is 11.6 Å². The Kier molecular flexibility index (Phi) is 6.67. The lowest BCUT2D eigenvalue weighted by molar-refractivity contribution is -0.928. The van der Waals surface area contributed by atoms with Crippen molar-refractivity contribution in [3.8, 4) is 0 Å². The van der Waals surface area contributed by atoms with Gasteiger partial charge >= 0.3 is 0 Å². The zero-order valence-electron chi connectivity index (χ0n) is 15.9. The van der Waals surface area contributed by atoms with Crippen LogP contribution < -0.4 is 15.5 Å². The van der Waals surface area contributed by atoms with E-state index >= 15 is 0 Å². The second-order valence-electron chi connectivity index (χ2n) is 7.71. The molecule has 2 amide bonds. The number of carbonyl (C=O) groups is 2. The number of hydrogen-bond donors (Lipinski definition) is 3. The fourth-order valence-corrected chi connectivity index (χ4v) is 4.68. The molecule has 1 heterocycles. The number of likely N-dealkylation sites (tertiary alicyclic amines) is 1. The summed E-state index contributed by atoms with van der Waals surface area (Å²) in [5, 5.41) is 5.72. The minimum absolute atomic E-state index is 0.00912. The van der Waals surface area contributed by atoms with Crippen molar-refractivity contribution in [1.29, 1.82) is 0 Å². The molecule has 5 heteroatoms. The Balaban J connectivity index is 1.45. The van der Waals surface area contributed by atoms with Crippen LogP contribution in [0.1, 0.15) is 51.0 Å². The fraction of sp³-hybridized carbons (Fsp3) is 0.619. The maximum Gasteiger partial charge on any atom is 0.275 e. The van der Waals surface area contributed by atoms with Gasteiger partial charge < -0.3 is 15.5 Å². The molecule has 3 rings (SSSR count). The predicted octanol–water partition coefficient (Wildman–Crippen LogP) is 1.54. The second kappa shape index (κ2) is 9.17.